The van der Waals surface area contributed by atoms with E-state index in [0.717, 1.165) is 6.92 Å². The third-order valence-corrected chi connectivity index (χ3v) is 1.11. The second-order valence-electron chi connectivity index (χ2n) is 1.86. The van der Waals surface area contributed by atoms with Gasteiger partial charge < -0.3 is 5.11 Å². The number of carbonyl (C=O) groups is 2. The molecule has 0 radical (unpaired) electrons. The van der Waals surface area contributed by atoms with Gasteiger partial charge in [0.2, 0.25) is 5.60 Å². The lowest BCUT2D eigenvalue weighted by Gasteiger charge is -2.28. The number of β-lactam (4-membered cyclic amide) rings is 2. The summed E-state index contributed by atoms with van der Waals surface area (Å²) in [5.41, 5.74) is -1.75. The van der Waals surface area contributed by atoms with Crippen LogP contribution in [-0.2, 0) is 9.59 Å². The van der Waals surface area contributed by atoms with Crippen LogP contribution in [0.3, 0.4) is 0 Å². The molecular weight excluding hydrogens is 110 g/mol. The average Bonchev–Trinajstić information content (AvgIpc) is 1.68. The molecule has 0 atom stereocenters. The molecule has 0 spiro atoms. The van der Waals surface area contributed by atoms with Crippen LogP contribution >= 0.6 is 0 Å². The van der Waals surface area contributed by atoms with Crippen LogP contribution in [0.2, 0.25) is 0 Å². The quantitative estimate of drug-likeness (QED) is 0.295. The summed E-state index contributed by atoms with van der Waals surface area (Å²) in [7, 11) is 0. The zero-order valence-corrected chi connectivity index (χ0v) is 4.26. The molecule has 4 heteroatoms. The van der Waals surface area contributed by atoms with Crippen LogP contribution in [0.25, 0.3) is 0 Å². The van der Waals surface area contributed by atoms with Crippen molar-refractivity contribution in [3.8, 4) is 0 Å². The molecular formula is C4H5NO3. The van der Waals surface area contributed by atoms with Gasteiger partial charge in [-0.05, 0) is 6.92 Å². The predicted molar refractivity (Wildman–Crippen MR) is 23.8 cm³/mol. The van der Waals surface area contributed by atoms with Crippen molar-refractivity contribution in [2.45, 2.75) is 12.5 Å². The van der Waals surface area contributed by atoms with Crippen LogP contribution in [0, 0.1) is 0 Å². The van der Waals surface area contributed by atoms with E-state index < -0.39 is 17.4 Å². The molecule has 0 aromatic carbocycles. The lowest BCUT2D eigenvalue weighted by atomic mass is 9.98. The Labute approximate surface area is 45.5 Å². The number of aliphatic hydroxyl groups is 1. The highest BCUT2D eigenvalue weighted by Gasteiger charge is 2.49. The van der Waals surface area contributed by atoms with Crippen LogP contribution < -0.4 is 5.32 Å². The largest absolute Gasteiger partial charge is 0.372 e. The van der Waals surface area contributed by atoms with E-state index >= 15 is 0 Å². The molecule has 2 amide bonds. The van der Waals surface area contributed by atoms with Gasteiger partial charge in [0.1, 0.15) is 0 Å². The Morgan fingerprint density at radius 2 is 1.88 bits per heavy atom. The topological polar surface area (TPSA) is 66.4 Å². The van der Waals surface area contributed by atoms with E-state index in [1.807, 2.05) is 5.32 Å². The molecule has 1 heterocycles. The minimum absolute atomic E-state index is 0.623. The molecule has 0 saturated carbocycles. The maximum atomic E-state index is 10.2. The molecule has 0 unspecified atom stereocenters. The Hall–Kier alpha value is -0.900. The van der Waals surface area contributed by atoms with E-state index in [1.165, 1.54) is 0 Å². The number of rotatable bonds is 0. The minimum Gasteiger partial charge on any atom is -0.372 e. The van der Waals surface area contributed by atoms with Crippen molar-refractivity contribution in [2.75, 3.05) is 0 Å². The van der Waals surface area contributed by atoms with Crippen molar-refractivity contribution < 1.29 is 14.7 Å². The number of amides is 2. The summed E-state index contributed by atoms with van der Waals surface area (Å²) in [6.07, 6.45) is 0. The molecule has 1 aliphatic rings. The maximum Gasteiger partial charge on any atom is 0.268 e. The molecule has 2 N–H and O–H groups in total. The molecule has 1 aliphatic heterocycles. The highest BCUT2D eigenvalue weighted by atomic mass is 16.3. The standard InChI is InChI=1S/C4H5NO3/c1-4(8)2(6)5-3(4)7/h8H,1H3,(H,5,6,7). The molecule has 1 fully saturated rings. The SMILES string of the molecule is CC1(O)C(=O)NC1=O. The lowest BCUT2D eigenvalue weighted by Crippen LogP contribution is -2.67. The van der Waals surface area contributed by atoms with Gasteiger partial charge in [0.25, 0.3) is 11.8 Å². The van der Waals surface area contributed by atoms with Crippen molar-refractivity contribution in [3.63, 3.8) is 0 Å². The molecule has 8 heavy (non-hydrogen) atoms. The van der Waals surface area contributed by atoms with Crippen molar-refractivity contribution in [1.82, 2.24) is 5.32 Å². The highest BCUT2D eigenvalue weighted by Crippen LogP contribution is 2.11. The molecule has 0 aromatic heterocycles. The van der Waals surface area contributed by atoms with Gasteiger partial charge in [-0.3, -0.25) is 14.9 Å². The van der Waals surface area contributed by atoms with E-state index in [4.69, 9.17) is 5.11 Å². The third kappa shape index (κ3) is 0.376. The van der Waals surface area contributed by atoms with Crippen molar-refractivity contribution >= 4 is 11.8 Å². The number of hydrogen-bond acceptors (Lipinski definition) is 3. The van der Waals surface area contributed by atoms with Gasteiger partial charge in [-0.25, -0.2) is 0 Å². The summed E-state index contributed by atoms with van der Waals surface area (Å²) in [5.74, 6) is -1.25. The zero-order chi connectivity index (χ0) is 6.36. The average molecular weight is 115 g/mol. The van der Waals surface area contributed by atoms with Crippen LogP contribution in [0.1, 0.15) is 6.92 Å². The van der Waals surface area contributed by atoms with Gasteiger partial charge in [-0.2, -0.15) is 0 Å². The Bertz CT molecular complexity index is 145. The third-order valence-electron chi connectivity index (χ3n) is 1.11. The molecule has 1 saturated heterocycles. The van der Waals surface area contributed by atoms with Gasteiger partial charge in [-0.15, -0.1) is 0 Å². The van der Waals surface area contributed by atoms with Gasteiger partial charge in [0.15, 0.2) is 0 Å². The number of hydrogen-bond donors (Lipinski definition) is 2. The van der Waals surface area contributed by atoms with Gasteiger partial charge in [0, 0.05) is 0 Å². The summed E-state index contributed by atoms with van der Waals surface area (Å²) < 4.78 is 0. The smallest absolute Gasteiger partial charge is 0.268 e. The van der Waals surface area contributed by atoms with E-state index in [2.05, 4.69) is 0 Å². The van der Waals surface area contributed by atoms with Crippen LogP contribution in [0.5, 0.6) is 0 Å². The number of imide groups is 1. The first-order valence-corrected chi connectivity index (χ1v) is 2.13. The monoisotopic (exact) mass is 115 g/mol. The molecule has 0 aliphatic carbocycles. The van der Waals surface area contributed by atoms with Crippen molar-refractivity contribution in [3.05, 3.63) is 0 Å². The normalized spacial score (nSPS) is 24.2. The maximum absolute atomic E-state index is 10.2. The Balaban J connectivity index is 2.81. The van der Waals surface area contributed by atoms with Crippen molar-refractivity contribution in [1.29, 1.82) is 0 Å². The van der Waals surface area contributed by atoms with Crippen LogP contribution in [0.4, 0.5) is 0 Å². The summed E-state index contributed by atoms with van der Waals surface area (Å²) in [5, 5.41) is 10.6. The second-order valence-corrected chi connectivity index (χ2v) is 1.86. The van der Waals surface area contributed by atoms with Gasteiger partial charge in [0.05, 0.1) is 0 Å². The van der Waals surface area contributed by atoms with Gasteiger partial charge >= 0.3 is 0 Å². The van der Waals surface area contributed by atoms with Gasteiger partial charge in [-0.1, -0.05) is 0 Å². The van der Waals surface area contributed by atoms with Crippen molar-refractivity contribution in [2.24, 2.45) is 0 Å². The molecule has 0 aromatic rings. The summed E-state index contributed by atoms with van der Waals surface area (Å²) in [6, 6.07) is 0. The second kappa shape index (κ2) is 1.08. The van der Waals surface area contributed by atoms with E-state index in [-0.39, 0.29) is 0 Å². The fraction of sp³-hybridized carbons (Fsp3) is 0.500. The highest BCUT2D eigenvalue weighted by molar-refractivity contribution is 6.24. The first-order valence-electron chi connectivity index (χ1n) is 2.13. The number of carbonyl (C=O) groups excluding carboxylic acids is 2. The Morgan fingerprint density at radius 3 is 1.88 bits per heavy atom. The zero-order valence-electron chi connectivity index (χ0n) is 4.26. The fourth-order valence-corrected chi connectivity index (χ4v) is 0.387. The van der Waals surface area contributed by atoms with Crippen LogP contribution in [0.15, 0.2) is 0 Å². The van der Waals surface area contributed by atoms with E-state index in [9.17, 15) is 9.59 Å². The lowest BCUT2D eigenvalue weighted by molar-refractivity contribution is -0.166. The summed E-state index contributed by atoms with van der Waals surface area (Å²) >= 11 is 0. The predicted octanol–water partition coefficient (Wildman–Crippen LogP) is -1.61. The molecule has 44 valence electrons. The molecule has 0 bridgehead atoms. The Morgan fingerprint density at radius 1 is 1.50 bits per heavy atom. The first-order chi connectivity index (χ1) is 3.55. The molecule has 4 nitrogen and oxygen atoms in total. The van der Waals surface area contributed by atoms with Crippen LogP contribution in [-0.4, -0.2) is 22.5 Å². The first kappa shape index (κ1) is 5.24. The number of nitrogens with one attached hydrogen (secondary N) is 1. The summed E-state index contributed by atoms with van der Waals surface area (Å²) in [4.78, 5) is 20.4. The summed E-state index contributed by atoms with van der Waals surface area (Å²) in [6.45, 7) is 1.16. The minimum atomic E-state index is -1.75. The molecule has 1 rings (SSSR count). The van der Waals surface area contributed by atoms with E-state index in [0.29, 0.717) is 0 Å². The Kier molecular flexibility index (Phi) is 0.710. The van der Waals surface area contributed by atoms with E-state index in [1.54, 1.807) is 0 Å². The fourth-order valence-electron chi connectivity index (χ4n) is 0.387.